The van der Waals surface area contributed by atoms with Crippen LogP contribution in [0, 0.1) is 0 Å². The molecule has 0 saturated heterocycles. The number of rotatable bonds is 7. The third-order valence-corrected chi connectivity index (χ3v) is 4.14. The lowest BCUT2D eigenvalue weighted by atomic mass is 10.1. The van der Waals surface area contributed by atoms with Gasteiger partial charge in [0.25, 0.3) is 5.91 Å². The number of carbonyl (C=O) groups is 3. The van der Waals surface area contributed by atoms with E-state index < -0.39 is 18.0 Å². The van der Waals surface area contributed by atoms with E-state index >= 15 is 0 Å². The van der Waals surface area contributed by atoms with Crippen molar-refractivity contribution in [2.75, 3.05) is 18.5 Å². The molecule has 0 bridgehead atoms. The van der Waals surface area contributed by atoms with Crippen LogP contribution in [0.2, 0.25) is 0 Å². The standard InChI is InChI=1S/C21H21NO6/c1-14(21(25)22-16-5-3-2-4-6-16)28-20(24)10-8-17(23)15-7-9-18-19(13-15)27-12-11-26-18/h2-7,9,13-14H,8,10-12H2,1H3,(H,22,25). The van der Waals surface area contributed by atoms with Crippen LogP contribution in [0.15, 0.2) is 48.5 Å². The van der Waals surface area contributed by atoms with E-state index in [2.05, 4.69) is 5.32 Å². The third kappa shape index (κ3) is 5.09. The summed E-state index contributed by atoms with van der Waals surface area (Å²) in [6.45, 7) is 2.39. The Morgan fingerprint density at radius 1 is 1.00 bits per heavy atom. The number of amides is 1. The van der Waals surface area contributed by atoms with E-state index in [0.29, 0.717) is 36.0 Å². The van der Waals surface area contributed by atoms with Gasteiger partial charge in [-0.2, -0.15) is 0 Å². The summed E-state index contributed by atoms with van der Waals surface area (Å²) in [7, 11) is 0. The molecule has 1 N–H and O–H groups in total. The fourth-order valence-corrected chi connectivity index (χ4v) is 2.65. The lowest BCUT2D eigenvalue weighted by Gasteiger charge is -2.18. The highest BCUT2D eigenvalue weighted by molar-refractivity contribution is 5.98. The number of hydrogen-bond donors (Lipinski definition) is 1. The van der Waals surface area contributed by atoms with Crippen LogP contribution in [0.1, 0.15) is 30.1 Å². The first kappa shape index (κ1) is 19.4. The number of para-hydroxylation sites is 1. The molecule has 0 aromatic heterocycles. The summed E-state index contributed by atoms with van der Waals surface area (Å²) in [6, 6.07) is 13.8. The third-order valence-electron chi connectivity index (χ3n) is 4.14. The molecule has 146 valence electrons. The number of esters is 1. The Morgan fingerprint density at radius 3 is 2.46 bits per heavy atom. The first-order valence-corrected chi connectivity index (χ1v) is 9.01. The fraction of sp³-hybridized carbons (Fsp3) is 0.286. The number of nitrogens with one attached hydrogen (secondary N) is 1. The van der Waals surface area contributed by atoms with Gasteiger partial charge in [0.1, 0.15) is 13.2 Å². The van der Waals surface area contributed by atoms with Crippen molar-refractivity contribution in [2.45, 2.75) is 25.9 Å². The minimum absolute atomic E-state index is 0.0223. The normalized spacial score (nSPS) is 13.3. The van der Waals surface area contributed by atoms with Crippen molar-refractivity contribution in [1.82, 2.24) is 0 Å². The predicted molar refractivity (Wildman–Crippen MR) is 102 cm³/mol. The Morgan fingerprint density at radius 2 is 1.71 bits per heavy atom. The van der Waals surface area contributed by atoms with Crippen molar-refractivity contribution in [3.63, 3.8) is 0 Å². The van der Waals surface area contributed by atoms with Gasteiger partial charge in [0.05, 0.1) is 6.42 Å². The molecule has 7 heteroatoms. The number of Topliss-reactive ketones (excluding diaryl/α,β-unsaturated/α-hetero) is 1. The van der Waals surface area contributed by atoms with Crippen LogP contribution in [0.3, 0.4) is 0 Å². The number of ether oxygens (including phenoxy) is 3. The van der Waals surface area contributed by atoms with E-state index in [9.17, 15) is 14.4 Å². The van der Waals surface area contributed by atoms with Crippen LogP contribution in [-0.4, -0.2) is 37.0 Å². The van der Waals surface area contributed by atoms with Crippen LogP contribution < -0.4 is 14.8 Å². The average molecular weight is 383 g/mol. The van der Waals surface area contributed by atoms with Crippen LogP contribution in [0.25, 0.3) is 0 Å². The first-order chi connectivity index (χ1) is 13.5. The largest absolute Gasteiger partial charge is 0.486 e. The molecule has 1 aliphatic rings. The molecule has 1 unspecified atom stereocenters. The van der Waals surface area contributed by atoms with E-state index in [4.69, 9.17) is 14.2 Å². The Hall–Kier alpha value is -3.35. The van der Waals surface area contributed by atoms with Gasteiger partial charge < -0.3 is 19.5 Å². The highest BCUT2D eigenvalue weighted by Gasteiger charge is 2.20. The zero-order chi connectivity index (χ0) is 19.9. The maximum absolute atomic E-state index is 12.3. The summed E-state index contributed by atoms with van der Waals surface area (Å²) in [5.41, 5.74) is 1.05. The number of fused-ring (bicyclic) bond motifs is 1. The molecule has 0 fully saturated rings. The maximum Gasteiger partial charge on any atom is 0.307 e. The molecule has 0 spiro atoms. The van der Waals surface area contributed by atoms with Gasteiger partial charge in [-0.25, -0.2) is 0 Å². The van der Waals surface area contributed by atoms with Gasteiger partial charge in [-0.3, -0.25) is 14.4 Å². The lowest BCUT2D eigenvalue weighted by molar-refractivity contribution is -0.153. The smallest absolute Gasteiger partial charge is 0.307 e. The first-order valence-electron chi connectivity index (χ1n) is 9.01. The quantitative estimate of drug-likeness (QED) is 0.584. The van der Waals surface area contributed by atoms with Crippen molar-refractivity contribution in [2.24, 2.45) is 0 Å². The molecule has 0 aliphatic carbocycles. The van der Waals surface area contributed by atoms with Crippen molar-refractivity contribution >= 4 is 23.3 Å². The average Bonchev–Trinajstić information content (AvgIpc) is 2.72. The number of anilines is 1. The Balaban J connectivity index is 1.47. The summed E-state index contributed by atoms with van der Waals surface area (Å²) in [6.07, 6.45) is -1.10. The van der Waals surface area contributed by atoms with E-state index in [-0.39, 0.29) is 18.6 Å². The molecule has 1 atom stereocenters. The topological polar surface area (TPSA) is 90.9 Å². The second-order valence-electron chi connectivity index (χ2n) is 6.27. The monoisotopic (exact) mass is 383 g/mol. The highest BCUT2D eigenvalue weighted by atomic mass is 16.6. The zero-order valence-electron chi connectivity index (χ0n) is 15.5. The second kappa shape index (κ2) is 9.03. The molecule has 1 aliphatic heterocycles. The zero-order valence-corrected chi connectivity index (χ0v) is 15.5. The minimum atomic E-state index is -0.961. The summed E-state index contributed by atoms with van der Waals surface area (Å²) >= 11 is 0. The van der Waals surface area contributed by atoms with Crippen LogP contribution in [0.5, 0.6) is 11.5 Å². The van der Waals surface area contributed by atoms with E-state index in [0.717, 1.165) is 0 Å². The Kier molecular flexibility index (Phi) is 6.26. The van der Waals surface area contributed by atoms with Gasteiger partial charge in [0, 0.05) is 17.7 Å². The molecule has 2 aromatic carbocycles. The van der Waals surface area contributed by atoms with Crippen LogP contribution in [0.4, 0.5) is 5.69 Å². The summed E-state index contributed by atoms with van der Waals surface area (Å²) in [5, 5.41) is 2.66. The van der Waals surface area contributed by atoms with Crippen molar-refractivity contribution in [1.29, 1.82) is 0 Å². The number of hydrogen-bond acceptors (Lipinski definition) is 6. The Bertz CT molecular complexity index is 864. The molecular formula is C21H21NO6. The number of benzene rings is 2. The van der Waals surface area contributed by atoms with Gasteiger partial charge in [-0.1, -0.05) is 18.2 Å². The van der Waals surface area contributed by atoms with Crippen molar-refractivity contribution in [3.05, 3.63) is 54.1 Å². The molecule has 2 aromatic rings. The molecule has 28 heavy (non-hydrogen) atoms. The molecule has 0 radical (unpaired) electrons. The van der Waals surface area contributed by atoms with Crippen molar-refractivity contribution < 1.29 is 28.6 Å². The lowest BCUT2D eigenvalue weighted by Crippen LogP contribution is -2.30. The molecule has 0 saturated carbocycles. The van der Waals surface area contributed by atoms with Gasteiger partial charge in [-0.05, 0) is 37.3 Å². The molecule has 7 nitrogen and oxygen atoms in total. The molecule has 3 rings (SSSR count). The minimum Gasteiger partial charge on any atom is -0.486 e. The van der Waals surface area contributed by atoms with E-state index in [1.165, 1.54) is 6.92 Å². The summed E-state index contributed by atoms with van der Waals surface area (Å²) in [5.74, 6) is -0.138. The van der Waals surface area contributed by atoms with Gasteiger partial charge in [0.15, 0.2) is 23.4 Å². The van der Waals surface area contributed by atoms with Gasteiger partial charge in [0.2, 0.25) is 0 Å². The van der Waals surface area contributed by atoms with E-state index in [1.807, 2.05) is 6.07 Å². The fourth-order valence-electron chi connectivity index (χ4n) is 2.65. The number of ketones is 1. The highest BCUT2D eigenvalue weighted by Crippen LogP contribution is 2.31. The maximum atomic E-state index is 12.3. The Labute approximate surface area is 162 Å². The van der Waals surface area contributed by atoms with Crippen LogP contribution in [-0.2, 0) is 14.3 Å². The summed E-state index contributed by atoms with van der Waals surface area (Å²) < 4.78 is 16.0. The predicted octanol–water partition coefficient (Wildman–Crippen LogP) is 2.99. The summed E-state index contributed by atoms with van der Waals surface area (Å²) in [4.78, 5) is 36.4. The van der Waals surface area contributed by atoms with Crippen molar-refractivity contribution in [3.8, 4) is 11.5 Å². The molecular weight excluding hydrogens is 362 g/mol. The number of carbonyl (C=O) groups excluding carboxylic acids is 3. The van der Waals surface area contributed by atoms with E-state index in [1.54, 1.807) is 42.5 Å². The van der Waals surface area contributed by atoms with Crippen LogP contribution >= 0.6 is 0 Å². The SMILES string of the molecule is CC(OC(=O)CCC(=O)c1ccc2c(c1)OCCO2)C(=O)Nc1ccccc1. The molecule has 1 heterocycles. The van der Waals surface area contributed by atoms with Gasteiger partial charge >= 0.3 is 5.97 Å². The second-order valence-corrected chi connectivity index (χ2v) is 6.27. The molecule has 1 amide bonds. The van der Waals surface area contributed by atoms with Gasteiger partial charge in [-0.15, -0.1) is 0 Å².